The molecule has 0 fully saturated rings. The van der Waals surface area contributed by atoms with E-state index in [0.717, 1.165) is 22.8 Å². The molecule has 0 unspecified atom stereocenters. The van der Waals surface area contributed by atoms with Gasteiger partial charge < -0.3 is 20.4 Å². The number of benzene rings is 3. The summed E-state index contributed by atoms with van der Waals surface area (Å²) in [6.07, 6.45) is 0. The Morgan fingerprint density at radius 2 is 0.976 bits per heavy atom. The minimum absolute atomic E-state index is 0.0134. The van der Waals surface area contributed by atoms with Crippen LogP contribution in [0, 0.1) is 22.7 Å². The van der Waals surface area contributed by atoms with E-state index in [1.165, 1.54) is 23.5 Å². The van der Waals surface area contributed by atoms with Crippen molar-refractivity contribution in [3.8, 4) is 12.1 Å². The summed E-state index contributed by atoms with van der Waals surface area (Å²) in [5.41, 5.74) is 4.39. The molecule has 5 rings (SSSR count). The van der Waals surface area contributed by atoms with Crippen LogP contribution in [0.1, 0.15) is 13.8 Å². The van der Waals surface area contributed by atoms with Crippen molar-refractivity contribution < 1.29 is 9.59 Å². The monoisotopic (exact) mass is 588 g/mol. The molecule has 206 valence electrons. The predicted octanol–water partition coefficient (Wildman–Crippen LogP) is 7.26. The first kappa shape index (κ1) is 28.4. The number of amides is 2. The Kier molecular flexibility index (Phi) is 8.49. The Morgan fingerprint density at radius 3 is 1.31 bits per heavy atom. The van der Waals surface area contributed by atoms with E-state index in [2.05, 4.69) is 22.8 Å². The lowest BCUT2D eigenvalue weighted by molar-refractivity contribution is -0.113. The summed E-state index contributed by atoms with van der Waals surface area (Å²) in [5, 5.41) is 30.2. The number of carbonyl (C=O) groups excluding carboxylic acids is 2. The number of thioether (sulfide) groups is 2. The minimum atomic E-state index is -0.542. The molecule has 0 saturated heterocycles. The molecule has 42 heavy (non-hydrogen) atoms. The highest BCUT2D eigenvalue weighted by molar-refractivity contribution is 8.06. The standard InChI is InChI=1S/C32H24N6O2S2/c1-21-19-41-31(37(21)25-9-5-3-6-10-25)27(17-33)29(39)35-23-13-15-24(16-14-23)36-30(40)28(18-34)32-38(22(2)20-42-32)26-11-7-4-8-12-26/h3-16,19-20H,1-2H3,(H,35,39)(H,36,40)/b31-27-,32-28-. The molecule has 2 amide bonds. The molecule has 0 bridgehead atoms. The van der Waals surface area contributed by atoms with Gasteiger partial charge in [0.25, 0.3) is 11.8 Å². The summed E-state index contributed by atoms with van der Waals surface area (Å²) >= 11 is 2.64. The SMILES string of the molecule is CC1=CS/C(=C(/C#N)C(=O)Nc2ccc(NC(=O)/C(C#N)=C3\SC=C(C)N3c3ccccc3)cc2)N1c1ccccc1. The van der Waals surface area contributed by atoms with E-state index in [-0.39, 0.29) is 11.1 Å². The molecule has 0 aliphatic carbocycles. The number of nitrogens with one attached hydrogen (secondary N) is 2. The van der Waals surface area contributed by atoms with Gasteiger partial charge in [0.05, 0.1) is 0 Å². The Bertz CT molecular complexity index is 1620. The lowest BCUT2D eigenvalue weighted by Gasteiger charge is -2.22. The maximum absolute atomic E-state index is 13.1. The number of hydrogen-bond acceptors (Lipinski definition) is 8. The highest BCUT2D eigenvalue weighted by Gasteiger charge is 2.28. The van der Waals surface area contributed by atoms with E-state index in [0.29, 0.717) is 21.4 Å². The Morgan fingerprint density at radius 1 is 0.619 bits per heavy atom. The number of allylic oxidation sites excluding steroid dienone is 2. The minimum Gasteiger partial charge on any atom is -0.321 e. The molecule has 3 aromatic rings. The van der Waals surface area contributed by atoms with E-state index >= 15 is 0 Å². The molecule has 2 aliphatic rings. The number of nitrogens with zero attached hydrogens (tertiary/aromatic N) is 4. The molecule has 8 nitrogen and oxygen atoms in total. The Hall–Kier alpha value is -5.16. The zero-order chi connectivity index (χ0) is 29.6. The van der Waals surface area contributed by atoms with Gasteiger partial charge in [0.1, 0.15) is 33.3 Å². The van der Waals surface area contributed by atoms with Crippen molar-refractivity contribution in [1.82, 2.24) is 0 Å². The van der Waals surface area contributed by atoms with Crippen LogP contribution >= 0.6 is 23.5 Å². The molecule has 10 heteroatoms. The lowest BCUT2D eigenvalue weighted by Crippen LogP contribution is -2.22. The average Bonchev–Trinajstić information content (AvgIpc) is 3.58. The number of hydrogen-bond donors (Lipinski definition) is 2. The fourth-order valence-electron chi connectivity index (χ4n) is 4.37. The third-order valence-corrected chi connectivity index (χ3v) is 8.47. The third kappa shape index (κ3) is 5.81. The van der Waals surface area contributed by atoms with Gasteiger partial charge in [-0.15, -0.1) is 0 Å². The van der Waals surface area contributed by atoms with Gasteiger partial charge in [-0.05, 0) is 73.2 Å². The van der Waals surface area contributed by atoms with Crippen molar-refractivity contribution in [2.24, 2.45) is 0 Å². The second-order valence-corrected chi connectivity index (χ2v) is 10.9. The molecular formula is C32H24N6O2S2. The van der Waals surface area contributed by atoms with Crippen LogP contribution in [0.5, 0.6) is 0 Å². The van der Waals surface area contributed by atoms with Crippen LogP contribution in [0.25, 0.3) is 0 Å². The first-order chi connectivity index (χ1) is 20.4. The number of carbonyl (C=O) groups is 2. The number of rotatable bonds is 6. The van der Waals surface area contributed by atoms with E-state index < -0.39 is 11.8 Å². The van der Waals surface area contributed by atoms with Gasteiger partial charge in [0, 0.05) is 34.1 Å². The average molecular weight is 589 g/mol. The van der Waals surface area contributed by atoms with Crippen LogP contribution in [0.4, 0.5) is 22.7 Å². The van der Waals surface area contributed by atoms with Crippen molar-refractivity contribution in [2.75, 3.05) is 20.4 Å². The second-order valence-electron chi connectivity index (χ2n) is 9.17. The molecule has 0 aromatic heterocycles. The van der Waals surface area contributed by atoms with Gasteiger partial charge in [-0.25, -0.2) is 0 Å². The molecule has 0 saturated carbocycles. The molecule has 2 aliphatic heterocycles. The van der Waals surface area contributed by atoms with Gasteiger partial charge in [-0.1, -0.05) is 59.9 Å². The van der Waals surface area contributed by atoms with Crippen molar-refractivity contribution in [3.63, 3.8) is 0 Å². The van der Waals surface area contributed by atoms with E-state index in [1.54, 1.807) is 24.3 Å². The summed E-state index contributed by atoms with van der Waals surface area (Å²) < 4.78 is 0. The lowest BCUT2D eigenvalue weighted by atomic mass is 10.2. The fourth-order valence-corrected chi connectivity index (χ4v) is 6.36. The second kappa shape index (κ2) is 12.6. The highest BCUT2D eigenvalue weighted by atomic mass is 32.2. The maximum atomic E-state index is 13.1. The topological polar surface area (TPSA) is 112 Å². The first-order valence-corrected chi connectivity index (χ1v) is 14.6. The number of para-hydroxylation sites is 2. The third-order valence-electron chi connectivity index (χ3n) is 6.33. The summed E-state index contributed by atoms with van der Waals surface area (Å²) in [4.78, 5) is 30.0. The van der Waals surface area contributed by atoms with Crippen molar-refractivity contribution in [3.05, 3.63) is 128 Å². The van der Waals surface area contributed by atoms with Crippen molar-refractivity contribution in [2.45, 2.75) is 13.8 Å². The van der Waals surface area contributed by atoms with E-state index in [4.69, 9.17) is 0 Å². The zero-order valence-electron chi connectivity index (χ0n) is 22.7. The summed E-state index contributed by atoms with van der Waals surface area (Å²) in [6.45, 7) is 3.84. The zero-order valence-corrected chi connectivity index (χ0v) is 24.3. The summed E-state index contributed by atoms with van der Waals surface area (Å²) in [7, 11) is 0. The summed E-state index contributed by atoms with van der Waals surface area (Å²) in [6, 6.07) is 29.7. The quantitative estimate of drug-likeness (QED) is 0.229. The van der Waals surface area contributed by atoms with Crippen LogP contribution in [-0.2, 0) is 9.59 Å². The van der Waals surface area contributed by atoms with Crippen molar-refractivity contribution in [1.29, 1.82) is 10.5 Å². The van der Waals surface area contributed by atoms with Gasteiger partial charge >= 0.3 is 0 Å². The van der Waals surface area contributed by atoms with Crippen LogP contribution in [0.3, 0.4) is 0 Å². The van der Waals surface area contributed by atoms with Crippen LogP contribution in [0.2, 0.25) is 0 Å². The molecule has 2 N–H and O–H groups in total. The summed E-state index contributed by atoms with van der Waals surface area (Å²) in [5.74, 6) is -1.08. The molecule has 2 heterocycles. The van der Waals surface area contributed by atoms with Crippen molar-refractivity contribution >= 4 is 58.1 Å². The van der Waals surface area contributed by atoms with E-state index in [9.17, 15) is 20.1 Å². The first-order valence-electron chi connectivity index (χ1n) is 12.8. The Balaban J connectivity index is 1.31. The number of nitriles is 2. The van der Waals surface area contributed by atoms with E-state index in [1.807, 2.05) is 95.1 Å². The van der Waals surface area contributed by atoms with Gasteiger partial charge in [0.2, 0.25) is 0 Å². The molecular weight excluding hydrogens is 565 g/mol. The molecule has 0 spiro atoms. The molecule has 0 radical (unpaired) electrons. The molecule has 0 atom stereocenters. The largest absolute Gasteiger partial charge is 0.321 e. The Labute approximate surface area is 252 Å². The van der Waals surface area contributed by atoms with Crippen LogP contribution in [0.15, 0.2) is 128 Å². The van der Waals surface area contributed by atoms with Gasteiger partial charge in [-0.3, -0.25) is 9.59 Å². The normalized spacial score (nSPS) is 16.6. The molecule has 3 aromatic carbocycles. The highest BCUT2D eigenvalue weighted by Crippen LogP contribution is 2.41. The smallest absolute Gasteiger partial charge is 0.269 e. The maximum Gasteiger partial charge on any atom is 0.269 e. The van der Waals surface area contributed by atoms with Gasteiger partial charge in [-0.2, -0.15) is 10.5 Å². The number of anilines is 4. The fraction of sp³-hybridized carbons (Fsp3) is 0.0625. The van der Waals surface area contributed by atoms with Crippen LogP contribution in [-0.4, -0.2) is 11.8 Å². The van der Waals surface area contributed by atoms with Crippen LogP contribution < -0.4 is 20.4 Å². The van der Waals surface area contributed by atoms with Gasteiger partial charge in [0.15, 0.2) is 0 Å². The predicted molar refractivity (Wildman–Crippen MR) is 170 cm³/mol.